The van der Waals surface area contributed by atoms with E-state index >= 15 is 0 Å². The number of anilines is 2. The fourth-order valence-electron chi connectivity index (χ4n) is 5.42. The molecular formula is C32H36FN5O4S. The van der Waals surface area contributed by atoms with E-state index in [9.17, 15) is 17.6 Å². The van der Waals surface area contributed by atoms with E-state index in [1.165, 1.54) is 22.5 Å². The Morgan fingerprint density at radius 1 is 1.07 bits per heavy atom. The molecule has 1 aliphatic heterocycles. The van der Waals surface area contributed by atoms with Crippen LogP contribution in [0.5, 0.6) is 0 Å². The number of hydrogen-bond donors (Lipinski definition) is 1. The van der Waals surface area contributed by atoms with Gasteiger partial charge in [0, 0.05) is 37.2 Å². The fraction of sp³-hybridized carbons (Fsp3) is 0.344. The minimum Gasteiger partial charge on any atom is -0.339 e. The van der Waals surface area contributed by atoms with Gasteiger partial charge in [-0.1, -0.05) is 41.6 Å². The molecular weight excluding hydrogens is 569 g/mol. The molecule has 1 fully saturated rings. The molecule has 1 atom stereocenters. The van der Waals surface area contributed by atoms with Crippen molar-refractivity contribution >= 4 is 27.3 Å². The van der Waals surface area contributed by atoms with E-state index in [1.54, 1.807) is 37.3 Å². The van der Waals surface area contributed by atoms with Gasteiger partial charge in [-0.2, -0.15) is 4.98 Å². The van der Waals surface area contributed by atoms with Gasteiger partial charge < -0.3 is 9.84 Å². The molecule has 0 spiro atoms. The lowest BCUT2D eigenvalue weighted by Gasteiger charge is -2.38. The maximum absolute atomic E-state index is 14.1. The van der Waals surface area contributed by atoms with Crippen molar-refractivity contribution < 1.29 is 22.1 Å². The SMILES string of the molecule is Cc1nc(-c2ccc(NC(=O)CC3CCN([C@H](C)CN(c4cccc(F)c4)S(=O)(=O)Cc4ccccc4)CC3)cc2)no1. The number of rotatable bonds is 11. The molecule has 0 bridgehead atoms. The van der Waals surface area contributed by atoms with E-state index in [0.29, 0.717) is 35.1 Å². The number of benzene rings is 3. The van der Waals surface area contributed by atoms with Crippen molar-refractivity contribution in [1.29, 1.82) is 0 Å². The summed E-state index contributed by atoms with van der Waals surface area (Å²) >= 11 is 0. The topological polar surface area (TPSA) is 109 Å². The smallest absolute Gasteiger partial charge is 0.239 e. The van der Waals surface area contributed by atoms with Crippen molar-refractivity contribution in [2.45, 2.75) is 44.9 Å². The summed E-state index contributed by atoms with van der Waals surface area (Å²) < 4.78 is 47.6. The van der Waals surface area contributed by atoms with Crippen LogP contribution in [0.1, 0.15) is 37.6 Å². The van der Waals surface area contributed by atoms with Crippen molar-refractivity contribution in [3.05, 3.63) is 96.1 Å². The number of halogens is 1. The van der Waals surface area contributed by atoms with Gasteiger partial charge in [-0.15, -0.1) is 0 Å². The van der Waals surface area contributed by atoms with E-state index in [1.807, 2.05) is 37.3 Å². The van der Waals surface area contributed by atoms with Crippen LogP contribution in [-0.2, 0) is 20.6 Å². The molecule has 1 aromatic heterocycles. The lowest BCUT2D eigenvalue weighted by Crippen LogP contribution is -2.48. The zero-order valence-corrected chi connectivity index (χ0v) is 25.1. The van der Waals surface area contributed by atoms with Crippen LogP contribution in [0.3, 0.4) is 0 Å². The fourth-order valence-corrected chi connectivity index (χ4v) is 7.07. The summed E-state index contributed by atoms with van der Waals surface area (Å²) in [5.41, 5.74) is 2.50. The standard InChI is InChI=1S/C32H36FN5O4S/c1-23(21-38(30-10-6-9-28(33)20-30)43(40,41)22-26-7-4-3-5-8-26)37-17-15-25(16-18-37)19-31(39)35-29-13-11-27(12-14-29)32-34-24(2)42-36-32/h3-14,20,23,25H,15-19,21-22H2,1-2H3,(H,35,39)/t23-/m1/s1. The lowest BCUT2D eigenvalue weighted by atomic mass is 9.92. The van der Waals surface area contributed by atoms with Crippen LogP contribution in [0.15, 0.2) is 83.4 Å². The Kier molecular flexibility index (Phi) is 9.52. The normalized spacial score (nSPS) is 15.2. The van der Waals surface area contributed by atoms with Gasteiger partial charge in [0.15, 0.2) is 0 Å². The molecule has 0 radical (unpaired) electrons. The third kappa shape index (κ3) is 8.05. The monoisotopic (exact) mass is 605 g/mol. The molecule has 5 rings (SSSR count). The van der Waals surface area contributed by atoms with Gasteiger partial charge in [0.1, 0.15) is 5.82 Å². The number of carbonyl (C=O) groups excluding carboxylic acids is 1. The first-order chi connectivity index (χ1) is 20.7. The third-order valence-corrected chi connectivity index (χ3v) is 9.48. The zero-order chi connectivity index (χ0) is 30.4. The first-order valence-electron chi connectivity index (χ1n) is 14.4. The van der Waals surface area contributed by atoms with Crippen LogP contribution < -0.4 is 9.62 Å². The minimum absolute atomic E-state index is 0.0426. The third-order valence-electron chi connectivity index (χ3n) is 7.75. The van der Waals surface area contributed by atoms with Crippen molar-refractivity contribution in [2.75, 3.05) is 29.3 Å². The molecule has 1 N–H and O–H groups in total. The highest BCUT2D eigenvalue weighted by atomic mass is 32.2. The number of nitrogens with one attached hydrogen (secondary N) is 1. The Hall–Kier alpha value is -4.09. The minimum atomic E-state index is -3.78. The van der Waals surface area contributed by atoms with Crippen molar-refractivity contribution in [3.63, 3.8) is 0 Å². The summed E-state index contributed by atoms with van der Waals surface area (Å²) in [7, 11) is -3.78. The van der Waals surface area contributed by atoms with E-state index in [2.05, 4.69) is 20.4 Å². The molecule has 0 unspecified atom stereocenters. The van der Waals surface area contributed by atoms with Crippen molar-refractivity contribution in [3.8, 4) is 11.4 Å². The Morgan fingerprint density at radius 2 is 1.79 bits per heavy atom. The van der Waals surface area contributed by atoms with Crippen LogP contribution in [0.2, 0.25) is 0 Å². The quantitative estimate of drug-likeness (QED) is 0.235. The summed E-state index contributed by atoms with van der Waals surface area (Å²) in [6, 6.07) is 21.9. The predicted octanol–water partition coefficient (Wildman–Crippen LogP) is 5.65. The average Bonchev–Trinajstić information content (AvgIpc) is 3.43. The molecule has 0 saturated carbocycles. The maximum atomic E-state index is 14.1. The highest BCUT2D eigenvalue weighted by Crippen LogP contribution is 2.27. The largest absolute Gasteiger partial charge is 0.339 e. The van der Waals surface area contributed by atoms with Gasteiger partial charge >= 0.3 is 0 Å². The molecule has 226 valence electrons. The Labute approximate surface area is 251 Å². The maximum Gasteiger partial charge on any atom is 0.239 e. The van der Waals surface area contributed by atoms with Crippen molar-refractivity contribution in [1.82, 2.24) is 15.0 Å². The Morgan fingerprint density at radius 3 is 2.44 bits per heavy atom. The predicted molar refractivity (Wildman–Crippen MR) is 164 cm³/mol. The number of nitrogens with zero attached hydrogens (tertiary/aromatic N) is 4. The molecule has 1 saturated heterocycles. The van der Waals surface area contributed by atoms with Gasteiger partial charge in [0.05, 0.1) is 11.4 Å². The highest BCUT2D eigenvalue weighted by Gasteiger charge is 2.30. The summed E-state index contributed by atoms with van der Waals surface area (Å²) in [5, 5.41) is 6.88. The van der Waals surface area contributed by atoms with Crippen LogP contribution in [0, 0.1) is 18.7 Å². The van der Waals surface area contributed by atoms with Gasteiger partial charge in [0.25, 0.3) is 0 Å². The summed E-state index contributed by atoms with van der Waals surface area (Å²) in [4.78, 5) is 19.2. The number of aryl methyl sites for hydroxylation is 1. The van der Waals surface area contributed by atoms with E-state index in [-0.39, 0.29) is 30.2 Å². The number of piperidine rings is 1. The van der Waals surface area contributed by atoms with Crippen LogP contribution in [0.25, 0.3) is 11.4 Å². The number of sulfonamides is 1. The molecule has 1 aliphatic rings. The molecule has 1 amide bonds. The second-order valence-corrected chi connectivity index (χ2v) is 12.9. The molecule has 0 aliphatic carbocycles. The second kappa shape index (κ2) is 13.5. The number of aromatic nitrogens is 2. The highest BCUT2D eigenvalue weighted by molar-refractivity contribution is 7.92. The second-order valence-electron chi connectivity index (χ2n) is 11.0. The summed E-state index contributed by atoms with van der Waals surface area (Å²) in [5.74, 6) is 0.523. The van der Waals surface area contributed by atoms with Gasteiger partial charge in [0.2, 0.25) is 27.6 Å². The molecule has 43 heavy (non-hydrogen) atoms. The number of amides is 1. The van der Waals surface area contributed by atoms with E-state index in [0.717, 1.165) is 31.5 Å². The first kappa shape index (κ1) is 30.4. The summed E-state index contributed by atoms with van der Waals surface area (Å²) in [6.07, 6.45) is 2.06. The molecule has 11 heteroatoms. The molecule has 3 aromatic carbocycles. The van der Waals surface area contributed by atoms with E-state index in [4.69, 9.17) is 4.52 Å². The molecule has 4 aromatic rings. The van der Waals surface area contributed by atoms with Crippen LogP contribution in [0.4, 0.5) is 15.8 Å². The van der Waals surface area contributed by atoms with Gasteiger partial charge in [-0.3, -0.25) is 14.0 Å². The summed E-state index contributed by atoms with van der Waals surface area (Å²) in [6.45, 7) is 5.41. The van der Waals surface area contributed by atoms with Gasteiger partial charge in [-0.25, -0.2) is 12.8 Å². The van der Waals surface area contributed by atoms with E-state index < -0.39 is 15.8 Å². The molecule has 9 nitrogen and oxygen atoms in total. The van der Waals surface area contributed by atoms with Crippen LogP contribution >= 0.6 is 0 Å². The Bertz CT molecular complexity index is 1620. The number of likely N-dealkylation sites (tertiary alicyclic amines) is 1. The van der Waals surface area contributed by atoms with Crippen LogP contribution in [-0.4, -0.2) is 55.0 Å². The zero-order valence-electron chi connectivity index (χ0n) is 24.3. The Balaban J connectivity index is 1.15. The number of carbonyl (C=O) groups is 1. The number of hydrogen-bond acceptors (Lipinski definition) is 7. The first-order valence-corrected chi connectivity index (χ1v) is 16.0. The lowest BCUT2D eigenvalue weighted by molar-refractivity contribution is -0.117. The molecule has 2 heterocycles. The van der Waals surface area contributed by atoms with Gasteiger partial charge in [-0.05, 0) is 86.8 Å². The average molecular weight is 606 g/mol. The van der Waals surface area contributed by atoms with Crippen molar-refractivity contribution in [2.24, 2.45) is 5.92 Å².